The van der Waals surface area contributed by atoms with Gasteiger partial charge in [0, 0.05) is 0 Å². The van der Waals surface area contributed by atoms with Crippen molar-refractivity contribution in [3.63, 3.8) is 0 Å². The molecule has 0 radical (unpaired) electrons. The maximum absolute atomic E-state index is 12.6. The van der Waals surface area contributed by atoms with Crippen molar-refractivity contribution in [3.8, 4) is 22.9 Å². The molecule has 22 heteroatoms. The van der Waals surface area contributed by atoms with Crippen LogP contribution in [0.25, 0.3) is 11.4 Å². The largest absolute Gasteiger partial charge is 3.00 e. The Bertz CT molecular complexity index is 2620. The van der Waals surface area contributed by atoms with Crippen LogP contribution in [-0.2, 0) is 36.8 Å². The van der Waals surface area contributed by atoms with Crippen LogP contribution in [0.15, 0.2) is 125 Å². The first kappa shape index (κ1) is 47.4. The average Bonchev–Trinajstić information content (AvgIpc) is 3.62. The van der Waals surface area contributed by atoms with E-state index in [4.69, 9.17) is 0 Å². The third-order valence-electron chi connectivity index (χ3n) is 8.20. The van der Waals surface area contributed by atoms with Gasteiger partial charge in [0.05, 0.1) is 43.9 Å². The number of aryl methyl sites for hydroxylation is 4. The topological polar surface area (TPSA) is 263 Å². The normalized spacial score (nSPS) is 11.6. The summed E-state index contributed by atoms with van der Waals surface area (Å²) in [5, 5.41) is 45.2. The van der Waals surface area contributed by atoms with Crippen molar-refractivity contribution in [2.75, 3.05) is 14.1 Å². The van der Waals surface area contributed by atoms with E-state index in [9.17, 15) is 36.6 Å². The fourth-order valence-electron chi connectivity index (χ4n) is 4.99. The summed E-state index contributed by atoms with van der Waals surface area (Å²) in [7, 11) is -4.95. The summed E-state index contributed by atoms with van der Waals surface area (Å²) in [6.45, 7) is 7.19. The Morgan fingerprint density at radius 2 is 0.879 bits per heavy atom. The van der Waals surface area contributed by atoms with Crippen molar-refractivity contribution in [1.29, 1.82) is 0 Å². The molecule has 0 saturated heterocycles. The summed E-state index contributed by atoms with van der Waals surface area (Å²) < 4.78 is 54.5. The number of nitrogens with one attached hydrogen (secondary N) is 4. The third kappa shape index (κ3) is 10.7. The second-order valence-corrected chi connectivity index (χ2v) is 16.0. The third-order valence-corrected chi connectivity index (χ3v) is 11.0. The van der Waals surface area contributed by atoms with Crippen molar-refractivity contribution in [2.24, 2.45) is 20.5 Å². The molecule has 2 aromatic heterocycles. The van der Waals surface area contributed by atoms with E-state index in [1.807, 2.05) is 38.1 Å². The summed E-state index contributed by atoms with van der Waals surface area (Å²) in [6.07, 6.45) is 0. The van der Waals surface area contributed by atoms with Gasteiger partial charge in [0.2, 0.25) is 20.0 Å². The first-order valence-electron chi connectivity index (χ1n) is 16.6. The number of H-pyrrole nitrogens is 2. The standard InChI is InChI=1S/2C18H19N5O4S.Co.Na/c2*1-11-4-6-13(7-5-11)23-18(25)17(12(2)22-23)21-20-15-10-14(8-9-16(15)24)28(26,27)19-3;;/h2*4-10,19,22,24H,1-3H3;;/q;;+3;+1/p-2. The molecular formula is C36H36CoN10NaO8S2+2. The van der Waals surface area contributed by atoms with E-state index >= 15 is 0 Å². The molecular weight excluding hydrogens is 847 g/mol. The number of nitrogens with zero attached hydrogens (tertiary/aromatic N) is 6. The van der Waals surface area contributed by atoms with Crippen LogP contribution in [0, 0.1) is 27.7 Å². The molecule has 6 aromatic rings. The molecule has 0 fully saturated rings. The monoisotopic (exact) mass is 882 g/mol. The first-order valence-corrected chi connectivity index (χ1v) is 19.5. The van der Waals surface area contributed by atoms with E-state index in [-0.39, 0.29) is 78.9 Å². The van der Waals surface area contributed by atoms with E-state index in [1.165, 1.54) is 35.6 Å². The second-order valence-electron chi connectivity index (χ2n) is 12.2. The Labute approximate surface area is 365 Å². The number of hydrogen-bond acceptors (Lipinski definition) is 12. The molecule has 4 N–H and O–H groups in total. The summed E-state index contributed by atoms with van der Waals surface area (Å²) in [4.78, 5) is 25.1. The van der Waals surface area contributed by atoms with Crippen molar-refractivity contribution in [2.45, 2.75) is 37.5 Å². The van der Waals surface area contributed by atoms with Crippen LogP contribution in [0.4, 0.5) is 22.7 Å². The predicted octanol–water partition coefficient (Wildman–Crippen LogP) is 1.36. The fourth-order valence-corrected chi connectivity index (χ4v) is 6.49. The summed E-state index contributed by atoms with van der Waals surface area (Å²) in [5.41, 5.74) is 3.12. The zero-order valence-electron chi connectivity index (χ0n) is 32.2. The van der Waals surface area contributed by atoms with Crippen LogP contribution in [0.5, 0.6) is 11.5 Å². The number of azo groups is 2. The van der Waals surface area contributed by atoms with Gasteiger partial charge in [-0.25, -0.2) is 35.6 Å². The van der Waals surface area contributed by atoms with Gasteiger partial charge in [0.15, 0.2) is 11.4 Å². The van der Waals surface area contributed by atoms with Crippen LogP contribution >= 0.6 is 0 Å². The number of aromatic nitrogens is 4. The Morgan fingerprint density at radius 1 is 0.552 bits per heavy atom. The molecule has 0 amide bonds. The Kier molecular flexibility index (Phi) is 16.1. The van der Waals surface area contributed by atoms with Crippen LogP contribution in [0.1, 0.15) is 22.5 Å². The van der Waals surface area contributed by atoms with E-state index in [2.05, 4.69) is 40.1 Å². The van der Waals surface area contributed by atoms with E-state index < -0.39 is 42.7 Å². The Morgan fingerprint density at radius 3 is 1.19 bits per heavy atom. The van der Waals surface area contributed by atoms with Gasteiger partial charge in [-0.3, -0.25) is 19.8 Å². The number of rotatable bonds is 10. The molecule has 0 aliphatic carbocycles. The van der Waals surface area contributed by atoms with Crippen molar-refractivity contribution < 1.29 is 73.4 Å². The first-order chi connectivity index (χ1) is 26.4. The molecule has 4 aromatic carbocycles. The van der Waals surface area contributed by atoms with E-state index in [0.717, 1.165) is 35.4 Å². The minimum Gasteiger partial charge on any atom is -0.871 e. The van der Waals surface area contributed by atoms with Crippen LogP contribution in [0.3, 0.4) is 0 Å². The molecule has 298 valence electrons. The van der Waals surface area contributed by atoms with E-state index in [1.54, 1.807) is 38.1 Å². The number of aromatic amines is 2. The zero-order chi connectivity index (χ0) is 40.9. The Balaban J connectivity index is 0.000000300. The molecule has 0 aliphatic heterocycles. The number of benzene rings is 4. The second kappa shape index (κ2) is 19.7. The minimum absolute atomic E-state index is 0. The maximum atomic E-state index is 12.6. The molecule has 58 heavy (non-hydrogen) atoms. The average molecular weight is 883 g/mol. The summed E-state index contributed by atoms with van der Waals surface area (Å²) in [6, 6.07) is 21.4. The van der Waals surface area contributed by atoms with Crippen LogP contribution in [0.2, 0.25) is 0 Å². The van der Waals surface area contributed by atoms with Gasteiger partial charge in [-0.05, 0) is 90.3 Å². The number of sulfonamides is 2. The fraction of sp³-hybridized carbons (Fsp3) is 0.167. The quantitative estimate of drug-likeness (QED) is 0.115. The summed E-state index contributed by atoms with van der Waals surface area (Å²) >= 11 is 0. The van der Waals surface area contributed by atoms with Gasteiger partial charge in [-0.15, -0.1) is 10.2 Å². The van der Waals surface area contributed by atoms with Gasteiger partial charge >= 0.3 is 46.3 Å². The van der Waals surface area contributed by atoms with Gasteiger partial charge in [0.25, 0.3) is 11.1 Å². The van der Waals surface area contributed by atoms with E-state index in [0.29, 0.717) is 22.8 Å². The van der Waals surface area contributed by atoms with Crippen LogP contribution in [-0.4, -0.2) is 50.5 Å². The molecule has 18 nitrogen and oxygen atoms in total. The number of hydrogen-bond donors (Lipinski definition) is 4. The summed E-state index contributed by atoms with van der Waals surface area (Å²) in [5.74, 6) is -1.02. The van der Waals surface area contributed by atoms with Gasteiger partial charge in [-0.2, -0.15) is 10.2 Å². The molecule has 6 rings (SSSR count). The SMILES string of the molecule is CNS(=O)(=O)c1ccc([O-])c(N=Nc2c(C)[nH]n(-c3ccc(C)cc3)c2=O)c1.CNS(=O)(=O)c1ccc([O-])c(N=Nc2c(C)[nH]n(-c3ccc(C)cc3)c2=O)c1.[Co+3].[Na+]. The molecule has 0 saturated carbocycles. The Hall–Kier alpha value is -4.97. The van der Waals surface area contributed by atoms with Gasteiger partial charge in [-0.1, -0.05) is 59.0 Å². The van der Waals surface area contributed by atoms with Crippen molar-refractivity contribution >= 4 is 42.8 Å². The van der Waals surface area contributed by atoms with Gasteiger partial charge in [0.1, 0.15) is 0 Å². The molecule has 0 bridgehead atoms. The molecule has 0 spiro atoms. The zero-order valence-corrected chi connectivity index (χ0v) is 36.9. The smallest absolute Gasteiger partial charge is 0.871 e. The molecule has 0 atom stereocenters. The molecule has 2 heterocycles. The van der Waals surface area contributed by atoms with Crippen molar-refractivity contribution in [1.82, 2.24) is 29.0 Å². The maximum Gasteiger partial charge on any atom is 3.00 e. The predicted molar refractivity (Wildman–Crippen MR) is 204 cm³/mol. The van der Waals surface area contributed by atoms with Crippen molar-refractivity contribution in [3.05, 3.63) is 128 Å². The molecule has 0 aliphatic rings. The molecule has 0 unspecified atom stereocenters. The van der Waals surface area contributed by atoms with Crippen LogP contribution < -0.4 is 60.3 Å². The van der Waals surface area contributed by atoms with Gasteiger partial charge < -0.3 is 10.2 Å². The minimum atomic E-state index is -3.73.